The van der Waals surface area contributed by atoms with Crippen LogP contribution in [0.3, 0.4) is 0 Å². The molecule has 0 aliphatic carbocycles. The summed E-state index contributed by atoms with van der Waals surface area (Å²) in [4.78, 5) is 35.6. The fourth-order valence-corrected chi connectivity index (χ4v) is 2.66. The van der Waals surface area contributed by atoms with Gasteiger partial charge < -0.3 is 14.8 Å². The van der Waals surface area contributed by atoms with Crippen molar-refractivity contribution in [3.05, 3.63) is 31.5 Å². The minimum atomic E-state index is -0.524. The number of carbonyl (C=O) groups is 1. The van der Waals surface area contributed by atoms with Gasteiger partial charge in [-0.1, -0.05) is 0 Å². The maximum Gasteiger partial charge on any atom is 0.334 e. The molecule has 8 nitrogen and oxygen atoms in total. The van der Waals surface area contributed by atoms with Crippen LogP contribution in [-0.4, -0.2) is 40.4 Å². The SMILES string of the molecule is CC(=O)OCn1cc(Br)c(=O)n(C(C)CNC2(C)COC2)c1=O. The Balaban J connectivity index is 2.23. The molecule has 1 aromatic rings. The van der Waals surface area contributed by atoms with Crippen molar-refractivity contribution in [2.75, 3.05) is 19.8 Å². The highest BCUT2D eigenvalue weighted by Crippen LogP contribution is 2.16. The van der Waals surface area contributed by atoms with Crippen LogP contribution in [0.5, 0.6) is 0 Å². The average molecular weight is 390 g/mol. The summed E-state index contributed by atoms with van der Waals surface area (Å²) < 4.78 is 12.5. The smallest absolute Gasteiger partial charge is 0.334 e. The Morgan fingerprint density at radius 1 is 1.52 bits per heavy atom. The van der Waals surface area contributed by atoms with E-state index in [1.165, 1.54) is 17.7 Å². The predicted octanol–water partition coefficient (Wildman–Crippen LogP) is 0.233. The number of rotatable bonds is 6. The van der Waals surface area contributed by atoms with Crippen molar-refractivity contribution in [2.45, 2.75) is 39.1 Å². The van der Waals surface area contributed by atoms with Crippen LogP contribution in [0.4, 0.5) is 0 Å². The van der Waals surface area contributed by atoms with Gasteiger partial charge in [0.2, 0.25) is 0 Å². The molecular formula is C14H20BrN3O5. The number of aromatic nitrogens is 2. The van der Waals surface area contributed by atoms with Gasteiger partial charge in [-0.05, 0) is 29.8 Å². The molecule has 1 aromatic heterocycles. The number of esters is 1. The molecule has 1 saturated heterocycles. The normalized spacial score (nSPS) is 17.4. The Labute approximate surface area is 141 Å². The highest BCUT2D eigenvalue weighted by molar-refractivity contribution is 9.10. The number of nitrogens with one attached hydrogen (secondary N) is 1. The Morgan fingerprint density at radius 3 is 2.70 bits per heavy atom. The molecule has 1 fully saturated rings. The zero-order chi connectivity index (χ0) is 17.2. The van der Waals surface area contributed by atoms with Gasteiger partial charge in [-0.3, -0.25) is 18.7 Å². The van der Waals surface area contributed by atoms with E-state index in [1.807, 2.05) is 6.92 Å². The molecule has 1 aliphatic rings. The van der Waals surface area contributed by atoms with E-state index < -0.39 is 17.2 Å². The van der Waals surface area contributed by atoms with Crippen LogP contribution < -0.4 is 16.6 Å². The summed E-state index contributed by atoms with van der Waals surface area (Å²) in [5.74, 6) is -0.501. The largest absolute Gasteiger partial charge is 0.444 e. The van der Waals surface area contributed by atoms with E-state index in [0.29, 0.717) is 19.8 Å². The third-order valence-corrected chi connectivity index (χ3v) is 4.20. The second-order valence-electron chi connectivity index (χ2n) is 5.95. The predicted molar refractivity (Wildman–Crippen MR) is 86.4 cm³/mol. The lowest BCUT2D eigenvalue weighted by atomic mass is 10.0. The molecular weight excluding hydrogens is 370 g/mol. The molecule has 1 unspecified atom stereocenters. The molecule has 9 heteroatoms. The maximum atomic E-state index is 12.5. The minimum Gasteiger partial charge on any atom is -0.444 e. The van der Waals surface area contributed by atoms with Gasteiger partial charge in [0.1, 0.15) is 0 Å². The fraction of sp³-hybridized carbons (Fsp3) is 0.643. The van der Waals surface area contributed by atoms with Crippen LogP contribution in [0.1, 0.15) is 26.8 Å². The zero-order valence-electron chi connectivity index (χ0n) is 13.3. The molecule has 23 heavy (non-hydrogen) atoms. The fourth-order valence-electron chi connectivity index (χ4n) is 2.22. The van der Waals surface area contributed by atoms with Crippen molar-refractivity contribution in [3.63, 3.8) is 0 Å². The van der Waals surface area contributed by atoms with Gasteiger partial charge in [0, 0.05) is 19.7 Å². The second-order valence-corrected chi connectivity index (χ2v) is 6.81. The third kappa shape index (κ3) is 4.10. The van der Waals surface area contributed by atoms with E-state index in [1.54, 1.807) is 6.92 Å². The Hall–Kier alpha value is -1.45. The quantitative estimate of drug-likeness (QED) is 0.700. The van der Waals surface area contributed by atoms with Crippen molar-refractivity contribution in [3.8, 4) is 0 Å². The van der Waals surface area contributed by atoms with Gasteiger partial charge in [-0.2, -0.15) is 0 Å². The molecule has 0 amide bonds. The summed E-state index contributed by atoms with van der Waals surface area (Å²) in [6, 6.07) is -0.367. The van der Waals surface area contributed by atoms with Crippen LogP contribution in [0.2, 0.25) is 0 Å². The van der Waals surface area contributed by atoms with Crippen molar-refractivity contribution in [1.82, 2.24) is 14.5 Å². The van der Waals surface area contributed by atoms with Crippen molar-refractivity contribution in [1.29, 1.82) is 0 Å². The zero-order valence-corrected chi connectivity index (χ0v) is 14.9. The highest BCUT2D eigenvalue weighted by Gasteiger charge is 2.33. The number of carbonyl (C=O) groups excluding carboxylic acids is 1. The summed E-state index contributed by atoms with van der Waals surface area (Å²) in [7, 11) is 0. The summed E-state index contributed by atoms with van der Waals surface area (Å²) in [6.07, 6.45) is 1.32. The van der Waals surface area contributed by atoms with E-state index in [-0.39, 0.29) is 22.8 Å². The molecule has 1 N–H and O–H groups in total. The second kappa shape index (κ2) is 6.98. The molecule has 2 heterocycles. The maximum absolute atomic E-state index is 12.5. The van der Waals surface area contributed by atoms with Gasteiger partial charge in [-0.15, -0.1) is 0 Å². The first-order valence-corrected chi connectivity index (χ1v) is 8.00. The summed E-state index contributed by atoms with van der Waals surface area (Å²) >= 11 is 3.15. The van der Waals surface area contributed by atoms with Gasteiger partial charge in [0.15, 0.2) is 6.73 Å². The van der Waals surface area contributed by atoms with Gasteiger partial charge in [0.05, 0.1) is 29.3 Å². The van der Waals surface area contributed by atoms with Crippen LogP contribution in [-0.2, 0) is 21.0 Å². The van der Waals surface area contributed by atoms with E-state index >= 15 is 0 Å². The average Bonchev–Trinajstić information content (AvgIpc) is 2.45. The molecule has 2 rings (SSSR count). The Kier molecular flexibility index (Phi) is 5.43. The van der Waals surface area contributed by atoms with Gasteiger partial charge in [0.25, 0.3) is 5.56 Å². The van der Waals surface area contributed by atoms with Crippen LogP contribution in [0.15, 0.2) is 20.3 Å². The lowest BCUT2D eigenvalue weighted by Crippen LogP contribution is -2.59. The van der Waals surface area contributed by atoms with Crippen LogP contribution in [0, 0.1) is 0 Å². The van der Waals surface area contributed by atoms with E-state index in [0.717, 1.165) is 4.57 Å². The molecule has 1 aliphatic heterocycles. The standard InChI is InChI=1S/C14H20BrN3O5/c1-9(4-16-14(3)6-22-7-14)18-12(20)11(15)5-17(13(18)21)8-23-10(2)19/h5,9,16H,4,6-8H2,1-3H3. The van der Waals surface area contributed by atoms with Crippen molar-refractivity contribution >= 4 is 21.9 Å². The monoisotopic (exact) mass is 389 g/mol. The summed E-state index contributed by atoms with van der Waals surface area (Å²) in [6.45, 7) is 6.46. The van der Waals surface area contributed by atoms with E-state index in [9.17, 15) is 14.4 Å². The van der Waals surface area contributed by atoms with E-state index in [4.69, 9.17) is 9.47 Å². The molecule has 0 aromatic carbocycles. The Morgan fingerprint density at radius 2 is 2.17 bits per heavy atom. The summed E-state index contributed by atoms with van der Waals surface area (Å²) in [5, 5.41) is 3.30. The van der Waals surface area contributed by atoms with Gasteiger partial charge in [-0.25, -0.2) is 4.79 Å². The number of hydrogen-bond acceptors (Lipinski definition) is 6. The molecule has 0 saturated carbocycles. The molecule has 128 valence electrons. The number of halogens is 1. The van der Waals surface area contributed by atoms with E-state index in [2.05, 4.69) is 21.2 Å². The van der Waals surface area contributed by atoms with Gasteiger partial charge >= 0.3 is 11.7 Å². The minimum absolute atomic E-state index is 0.124. The molecule has 0 radical (unpaired) electrons. The topological polar surface area (TPSA) is 91.6 Å². The number of nitrogens with zero attached hydrogens (tertiary/aromatic N) is 2. The van der Waals surface area contributed by atoms with Crippen LogP contribution >= 0.6 is 15.9 Å². The third-order valence-electron chi connectivity index (χ3n) is 3.66. The first-order valence-electron chi connectivity index (χ1n) is 7.21. The molecule has 0 spiro atoms. The molecule has 0 bridgehead atoms. The van der Waals surface area contributed by atoms with Crippen LogP contribution in [0.25, 0.3) is 0 Å². The van der Waals surface area contributed by atoms with Crippen molar-refractivity contribution < 1.29 is 14.3 Å². The summed E-state index contributed by atoms with van der Waals surface area (Å²) in [5.41, 5.74) is -1.07. The lowest BCUT2D eigenvalue weighted by molar-refractivity contribution is -0.144. The van der Waals surface area contributed by atoms with Crippen molar-refractivity contribution in [2.24, 2.45) is 0 Å². The highest BCUT2D eigenvalue weighted by atomic mass is 79.9. The number of hydrogen-bond donors (Lipinski definition) is 1. The number of ether oxygens (including phenoxy) is 2. The molecule has 1 atom stereocenters. The first-order chi connectivity index (χ1) is 10.7. The Bertz CT molecular complexity index is 707. The first kappa shape index (κ1) is 17.9. The lowest BCUT2D eigenvalue weighted by Gasteiger charge is -2.39.